The minimum Gasteiger partial charge on any atom is -0.355 e. The van der Waals surface area contributed by atoms with Crippen molar-refractivity contribution in [1.29, 1.82) is 0 Å². The lowest BCUT2D eigenvalue weighted by Gasteiger charge is -2.37. The van der Waals surface area contributed by atoms with E-state index in [2.05, 4.69) is 33.1 Å². The van der Waals surface area contributed by atoms with Gasteiger partial charge >= 0.3 is 0 Å². The number of sulfone groups is 1. The largest absolute Gasteiger partial charge is 0.355 e. The third kappa shape index (κ3) is 5.39. The highest BCUT2D eigenvalue weighted by atomic mass is 32.2. The lowest BCUT2D eigenvalue weighted by molar-refractivity contribution is 0.296. The molecule has 1 heterocycles. The van der Waals surface area contributed by atoms with Gasteiger partial charge in [-0.05, 0) is 48.4 Å². The first-order valence-electron chi connectivity index (χ1n) is 10.1. The summed E-state index contributed by atoms with van der Waals surface area (Å²) in [6.07, 6.45) is 7.54. The highest BCUT2D eigenvalue weighted by Crippen LogP contribution is 2.41. The van der Waals surface area contributed by atoms with Gasteiger partial charge in [0.05, 0.1) is 4.90 Å². The van der Waals surface area contributed by atoms with Gasteiger partial charge < -0.3 is 10.6 Å². The molecule has 0 spiro atoms. The predicted octanol–water partition coefficient (Wildman–Crippen LogP) is 4.03. The normalized spacial score (nSPS) is 17.1. The molecule has 29 heavy (non-hydrogen) atoms. The molecule has 1 aliphatic carbocycles. The number of aryl methyl sites for hydroxylation is 1. The van der Waals surface area contributed by atoms with Gasteiger partial charge in [-0.25, -0.2) is 8.42 Å². The van der Waals surface area contributed by atoms with Gasteiger partial charge in [0.1, 0.15) is 0 Å². The van der Waals surface area contributed by atoms with Crippen LogP contribution in [0.2, 0.25) is 0 Å². The second-order valence-corrected chi connectivity index (χ2v) is 10.9. The number of aliphatic imine (C=N–C) groups is 1. The molecule has 0 radical (unpaired) electrons. The predicted molar refractivity (Wildman–Crippen MR) is 122 cm³/mol. The fourth-order valence-corrected chi connectivity index (χ4v) is 6.16. The van der Waals surface area contributed by atoms with Crippen LogP contribution in [0.3, 0.4) is 0 Å². The van der Waals surface area contributed by atoms with Gasteiger partial charge in [-0.1, -0.05) is 37.5 Å². The Morgan fingerprint density at radius 1 is 1.17 bits per heavy atom. The maximum absolute atomic E-state index is 11.8. The minimum atomic E-state index is -3.19. The van der Waals surface area contributed by atoms with E-state index in [1.54, 1.807) is 13.1 Å². The first kappa shape index (κ1) is 21.8. The van der Waals surface area contributed by atoms with Crippen LogP contribution in [-0.4, -0.2) is 34.2 Å². The standard InChI is InChI=1S/C22H31N3O2S2/c1-17-14-18(9-10-19(17)29(3,26)27)15-24-21(23-2)25-16-22(11-5-4-6-12-22)20-8-7-13-28-20/h7-10,13-14H,4-6,11-12,15-16H2,1-3H3,(H2,23,24,25). The highest BCUT2D eigenvalue weighted by Gasteiger charge is 2.34. The fraction of sp³-hybridized carbons (Fsp3) is 0.500. The van der Waals surface area contributed by atoms with Crippen LogP contribution in [0.15, 0.2) is 45.6 Å². The van der Waals surface area contributed by atoms with Crippen molar-refractivity contribution in [3.05, 3.63) is 51.7 Å². The first-order valence-corrected chi connectivity index (χ1v) is 12.9. The summed E-state index contributed by atoms with van der Waals surface area (Å²) in [4.78, 5) is 6.23. The number of thiophene rings is 1. The van der Waals surface area contributed by atoms with E-state index in [0.29, 0.717) is 11.4 Å². The molecule has 158 valence electrons. The zero-order valence-electron chi connectivity index (χ0n) is 17.5. The van der Waals surface area contributed by atoms with Gasteiger partial charge in [-0.15, -0.1) is 11.3 Å². The Morgan fingerprint density at radius 3 is 2.52 bits per heavy atom. The Kier molecular flexibility index (Phi) is 7.01. The summed E-state index contributed by atoms with van der Waals surface area (Å²) in [6.45, 7) is 3.30. The highest BCUT2D eigenvalue weighted by molar-refractivity contribution is 7.90. The Bertz CT molecular complexity index is 944. The SMILES string of the molecule is CN=C(NCc1ccc(S(C)(=O)=O)c(C)c1)NCC1(c2cccs2)CCCCC1. The number of hydrogen-bond donors (Lipinski definition) is 2. The minimum absolute atomic E-state index is 0.192. The molecule has 3 rings (SSSR count). The molecule has 1 aromatic carbocycles. The van der Waals surface area contributed by atoms with Crippen molar-refractivity contribution in [3.63, 3.8) is 0 Å². The summed E-state index contributed by atoms with van der Waals surface area (Å²) in [7, 11) is -1.41. The maximum Gasteiger partial charge on any atom is 0.191 e. The van der Waals surface area contributed by atoms with Crippen molar-refractivity contribution in [3.8, 4) is 0 Å². The van der Waals surface area contributed by atoms with E-state index in [9.17, 15) is 8.42 Å². The van der Waals surface area contributed by atoms with Crippen LogP contribution in [0.1, 0.15) is 48.1 Å². The van der Waals surface area contributed by atoms with E-state index >= 15 is 0 Å². The van der Waals surface area contributed by atoms with E-state index in [4.69, 9.17) is 0 Å². The number of nitrogens with zero attached hydrogens (tertiary/aromatic N) is 1. The van der Waals surface area contributed by atoms with E-state index in [0.717, 1.165) is 23.6 Å². The molecule has 0 amide bonds. The summed E-state index contributed by atoms with van der Waals surface area (Å²) >= 11 is 1.85. The first-order chi connectivity index (χ1) is 13.8. The molecule has 1 fully saturated rings. The molecule has 1 aliphatic rings. The molecule has 7 heteroatoms. The Labute approximate surface area is 178 Å². The average Bonchev–Trinajstić information content (AvgIpc) is 3.23. The monoisotopic (exact) mass is 433 g/mol. The van der Waals surface area contributed by atoms with Gasteiger partial charge in [0, 0.05) is 36.7 Å². The molecule has 0 unspecified atom stereocenters. The lowest BCUT2D eigenvalue weighted by Crippen LogP contribution is -2.46. The van der Waals surface area contributed by atoms with Gasteiger partial charge in [0.15, 0.2) is 15.8 Å². The van der Waals surface area contributed by atoms with Gasteiger partial charge in [0.25, 0.3) is 0 Å². The van der Waals surface area contributed by atoms with Crippen molar-refractivity contribution < 1.29 is 8.42 Å². The van der Waals surface area contributed by atoms with Crippen LogP contribution in [0.25, 0.3) is 0 Å². The van der Waals surface area contributed by atoms with Crippen LogP contribution in [0, 0.1) is 6.92 Å². The van der Waals surface area contributed by atoms with Crippen molar-refractivity contribution in [2.24, 2.45) is 4.99 Å². The van der Waals surface area contributed by atoms with Crippen molar-refractivity contribution in [2.45, 2.75) is 55.9 Å². The molecule has 1 aromatic heterocycles. The Balaban J connectivity index is 1.63. The van der Waals surface area contributed by atoms with Gasteiger partial charge in [-0.3, -0.25) is 4.99 Å². The van der Waals surface area contributed by atoms with Crippen LogP contribution in [-0.2, 0) is 21.8 Å². The number of hydrogen-bond acceptors (Lipinski definition) is 4. The van der Waals surface area contributed by atoms with Crippen molar-refractivity contribution in [1.82, 2.24) is 10.6 Å². The molecule has 0 aliphatic heterocycles. The Hall–Kier alpha value is -1.86. The van der Waals surface area contributed by atoms with E-state index in [1.165, 1.54) is 43.2 Å². The second-order valence-electron chi connectivity index (χ2n) is 7.97. The van der Waals surface area contributed by atoms with Crippen LogP contribution < -0.4 is 10.6 Å². The van der Waals surface area contributed by atoms with Crippen molar-refractivity contribution >= 4 is 27.1 Å². The molecule has 2 N–H and O–H groups in total. The molecule has 0 atom stereocenters. The summed E-state index contributed by atoms with van der Waals surface area (Å²) in [5.41, 5.74) is 2.00. The summed E-state index contributed by atoms with van der Waals surface area (Å²) < 4.78 is 23.6. The maximum atomic E-state index is 11.8. The van der Waals surface area contributed by atoms with Gasteiger partial charge in [0.2, 0.25) is 0 Å². The lowest BCUT2D eigenvalue weighted by atomic mass is 9.73. The molecule has 0 bridgehead atoms. The van der Waals surface area contributed by atoms with E-state index in [-0.39, 0.29) is 5.41 Å². The number of nitrogens with one attached hydrogen (secondary N) is 2. The summed E-state index contributed by atoms with van der Waals surface area (Å²) in [5.74, 6) is 0.774. The summed E-state index contributed by atoms with van der Waals surface area (Å²) in [5, 5.41) is 9.07. The zero-order chi connectivity index (χ0) is 20.9. The number of benzene rings is 1. The zero-order valence-corrected chi connectivity index (χ0v) is 19.1. The average molecular weight is 434 g/mol. The number of rotatable bonds is 6. The molecule has 0 saturated heterocycles. The van der Waals surface area contributed by atoms with Crippen LogP contribution >= 0.6 is 11.3 Å². The topological polar surface area (TPSA) is 70.6 Å². The molecular weight excluding hydrogens is 402 g/mol. The van der Waals surface area contributed by atoms with E-state index < -0.39 is 9.84 Å². The molecule has 2 aromatic rings. The quantitative estimate of drug-likeness (QED) is 0.533. The van der Waals surface area contributed by atoms with Crippen molar-refractivity contribution in [2.75, 3.05) is 19.8 Å². The van der Waals surface area contributed by atoms with Crippen LogP contribution in [0.5, 0.6) is 0 Å². The molecule has 1 saturated carbocycles. The third-order valence-corrected chi connectivity index (χ3v) is 8.14. The molecule has 5 nitrogen and oxygen atoms in total. The third-order valence-electron chi connectivity index (χ3n) is 5.77. The summed E-state index contributed by atoms with van der Waals surface area (Å²) in [6, 6.07) is 9.88. The smallest absolute Gasteiger partial charge is 0.191 e. The van der Waals surface area contributed by atoms with Gasteiger partial charge in [-0.2, -0.15) is 0 Å². The second kappa shape index (κ2) is 9.30. The fourth-order valence-electron chi connectivity index (χ4n) is 4.22. The molecular formula is C22H31N3O2S2. The van der Waals surface area contributed by atoms with E-state index in [1.807, 2.05) is 30.4 Å². The number of guanidine groups is 1. The Morgan fingerprint density at radius 2 is 1.93 bits per heavy atom. The van der Waals surface area contributed by atoms with Crippen LogP contribution in [0.4, 0.5) is 0 Å².